The molecular formula is C64H43NO2. The molecule has 0 spiro atoms. The first-order chi connectivity index (χ1) is 33.0. The SMILES string of the molecule is CC1(C)c2ccccc2-c2ccc(N(c3ccc4oc5cc6c(cc5c4c3)oc3ccc(-c4ccccc4)cc36)c3cccc4c3-c3ccccc3C4(c3ccccc3)c3ccccc3)cc21. The van der Waals surface area contributed by atoms with Gasteiger partial charge >= 0.3 is 0 Å². The third-order valence-corrected chi connectivity index (χ3v) is 14.9. The molecule has 0 atom stereocenters. The van der Waals surface area contributed by atoms with E-state index in [1.54, 1.807) is 0 Å². The Kier molecular flexibility index (Phi) is 7.95. The van der Waals surface area contributed by atoms with Gasteiger partial charge in [-0.05, 0) is 122 Å². The molecule has 0 N–H and O–H groups in total. The molecule has 0 amide bonds. The molecule has 316 valence electrons. The fourth-order valence-electron chi connectivity index (χ4n) is 11.9. The van der Waals surface area contributed by atoms with E-state index in [0.717, 1.165) is 66.5 Å². The smallest absolute Gasteiger partial charge is 0.136 e. The van der Waals surface area contributed by atoms with Gasteiger partial charge in [-0.15, -0.1) is 0 Å². The van der Waals surface area contributed by atoms with E-state index in [1.807, 2.05) is 0 Å². The summed E-state index contributed by atoms with van der Waals surface area (Å²) < 4.78 is 13.3. The van der Waals surface area contributed by atoms with Gasteiger partial charge in [0.25, 0.3) is 0 Å². The second kappa shape index (κ2) is 14.1. The van der Waals surface area contributed by atoms with Gasteiger partial charge in [0.1, 0.15) is 22.3 Å². The molecule has 0 aliphatic heterocycles. The van der Waals surface area contributed by atoms with Crippen molar-refractivity contribution < 1.29 is 8.83 Å². The van der Waals surface area contributed by atoms with Crippen molar-refractivity contribution in [3.63, 3.8) is 0 Å². The summed E-state index contributed by atoms with van der Waals surface area (Å²) in [6, 6.07) is 82.1. The quantitative estimate of drug-likeness (QED) is 0.167. The first-order valence-electron chi connectivity index (χ1n) is 23.2. The van der Waals surface area contributed by atoms with Gasteiger partial charge in [0.15, 0.2) is 0 Å². The highest BCUT2D eigenvalue weighted by molar-refractivity contribution is 6.16. The Hall–Kier alpha value is -8.40. The second-order valence-corrected chi connectivity index (χ2v) is 18.8. The van der Waals surface area contributed by atoms with Crippen molar-refractivity contribution in [1.82, 2.24) is 0 Å². The molecule has 2 aromatic heterocycles. The summed E-state index contributed by atoms with van der Waals surface area (Å²) in [7, 11) is 0. The van der Waals surface area contributed by atoms with E-state index in [1.165, 1.54) is 61.2 Å². The van der Waals surface area contributed by atoms with Crippen LogP contribution in [0.4, 0.5) is 17.1 Å². The Labute approximate surface area is 388 Å². The predicted molar refractivity (Wildman–Crippen MR) is 276 cm³/mol. The van der Waals surface area contributed by atoms with Crippen molar-refractivity contribution >= 4 is 60.9 Å². The third-order valence-electron chi connectivity index (χ3n) is 14.9. The predicted octanol–water partition coefficient (Wildman–Crippen LogP) is 17.3. The molecule has 0 radical (unpaired) electrons. The van der Waals surface area contributed by atoms with Gasteiger partial charge < -0.3 is 13.7 Å². The lowest BCUT2D eigenvalue weighted by atomic mass is 9.68. The van der Waals surface area contributed by atoms with Crippen LogP contribution in [-0.2, 0) is 10.8 Å². The number of rotatable bonds is 6. The Morgan fingerprint density at radius 3 is 1.57 bits per heavy atom. The van der Waals surface area contributed by atoms with Gasteiger partial charge in [0, 0.05) is 43.9 Å². The Morgan fingerprint density at radius 1 is 0.343 bits per heavy atom. The van der Waals surface area contributed by atoms with E-state index in [2.05, 4.69) is 243 Å². The van der Waals surface area contributed by atoms with Gasteiger partial charge in [-0.3, -0.25) is 0 Å². The van der Waals surface area contributed by atoms with E-state index in [-0.39, 0.29) is 5.41 Å². The van der Waals surface area contributed by atoms with Gasteiger partial charge in [-0.1, -0.05) is 178 Å². The molecular weight excluding hydrogens is 815 g/mol. The molecule has 67 heavy (non-hydrogen) atoms. The first-order valence-corrected chi connectivity index (χ1v) is 23.2. The number of hydrogen-bond donors (Lipinski definition) is 0. The lowest BCUT2D eigenvalue weighted by Gasteiger charge is -2.34. The van der Waals surface area contributed by atoms with Crippen molar-refractivity contribution in [3.8, 4) is 33.4 Å². The van der Waals surface area contributed by atoms with Crippen LogP contribution in [0.3, 0.4) is 0 Å². The van der Waals surface area contributed by atoms with Crippen LogP contribution in [0.1, 0.15) is 47.2 Å². The van der Waals surface area contributed by atoms with Crippen LogP contribution in [0, 0.1) is 0 Å². The van der Waals surface area contributed by atoms with Gasteiger partial charge in [0.2, 0.25) is 0 Å². The summed E-state index contributed by atoms with van der Waals surface area (Å²) >= 11 is 0. The van der Waals surface area contributed by atoms with E-state index in [9.17, 15) is 0 Å². The van der Waals surface area contributed by atoms with E-state index in [4.69, 9.17) is 8.83 Å². The average molecular weight is 858 g/mol. The summed E-state index contributed by atoms with van der Waals surface area (Å²) in [5.74, 6) is 0. The molecule has 14 rings (SSSR count). The molecule has 0 saturated carbocycles. The van der Waals surface area contributed by atoms with Gasteiger partial charge in [-0.2, -0.15) is 0 Å². The van der Waals surface area contributed by atoms with Crippen LogP contribution < -0.4 is 4.90 Å². The fraction of sp³-hybridized carbons (Fsp3) is 0.0625. The van der Waals surface area contributed by atoms with Crippen molar-refractivity contribution in [2.45, 2.75) is 24.7 Å². The van der Waals surface area contributed by atoms with Crippen molar-refractivity contribution in [2.75, 3.05) is 4.90 Å². The van der Waals surface area contributed by atoms with Crippen LogP contribution in [0.25, 0.3) is 77.3 Å². The maximum Gasteiger partial charge on any atom is 0.136 e. The number of anilines is 3. The summed E-state index contributed by atoms with van der Waals surface area (Å²) in [5, 5.41) is 4.18. The largest absolute Gasteiger partial charge is 0.456 e. The number of hydrogen-bond acceptors (Lipinski definition) is 3. The van der Waals surface area contributed by atoms with Crippen molar-refractivity contribution in [1.29, 1.82) is 0 Å². The zero-order chi connectivity index (χ0) is 44.4. The number of benzene rings is 10. The lowest BCUT2D eigenvalue weighted by Crippen LogP contribution is -2.28. The highest BCUT2D eigenvalue weighted by atomic mass is 16.3. The second-order valence-electron chi connectivity index (χ2n) is 18.8. The van der Waals surface area contributed by atoms with Gasteiger partial charge in [-0.25, -0.2) is 0 Å². The summed E-state index contributed by atoms with van der Waals surface area (Å²) in [4.78, 5) is 2.49. The number of fused-ring (bicyclic) bond motifs is 12. The normalized spacial score (nSPS) is 14.1. The maximum absolute atomic E-state index is 6.75. The van der Waals surface area contributed by atoms with Crippen LogP contribution >= 0.6 is 0 Å². The van der Waals surface area contributed by atoms with Crippen LogP contribution in [0.2, 0.25) is 0 Å². The first kappa shape index (κ1) is 37.9. The Balaban J connectivity index is 1.02. The Bertz CT molecular complexity index is 3910. The van der Waals surface area contributed by atoms with Crippen LogP contribution in [0.5, 0.6) is 0 Å². The van der Waals surface area contributed by atoms with Crippen molar-refractivity contribution in [2.24, 2.45) is 0 Å². The minimum Gasteiger partial charge on any atom is -0.456 e. The topological polar surface area (TPSA) is 29.5 Å². The molecule has 3 heteroatoms. The minimum atomic E-state index is -0.539. The van der Waals surface area contributed by atoms with Crippen molar-refractivity contribution in [3.05, 3.63) is 258 Å². The fourth-order valence-corrected chi connectivity index (χ4v) is 11.9. The van der Waals surface area contributed by atoms with Crippen LogP contribution in [-0.4, -0.2) is 0 Å². The molecule has 12 aromatic rings. The lowest BCUT2D eigenvalue weighted by molar-refractivity contribution is 0.660. The van der Waals surface area contributed by atoms with E-state index in [0.29, 0.717) is 0 Å². The highest BCUT2D eigenvalue weighted by Crippen LogP contribution is 2.60. The van der Waals surface area contributed by atoms with Gasteiger partial charge in [0.05, 0.1) is 11.1 Å². The molecule has 10 aromatic carbocycles. The molecule has 0 saturated heterocycles. The van der Waals surface area contributed by atoms with E-state index < -0.39 is 5.41 Å². The number of furan rings is 2. The molecule has 2 aliphatic carbocycles. The summed E-state index contributed by atoms with van der Waals surface area (Å²) in [6.07, 6.45) is 0. The zero-order valence-corrected chi connectivity index (χ0v) is 37.1. The highest BCUT2D eigenvalue weighted by Gasteiger charge is 2.47. The molecule has 0 bridgehead atoms. The minimum absolute atomic E-state index is 0.181. The third kappa shape index (κ3) is 5.34. The molecule has 0 fully saturated rings. The summed E-state index contributed by atoms with van der Waals surface area (Å²) in [6.45, 7) is 4.72. The summed E-state index contributed by atoms with van der Waals surface area (Å²) in [5.41, 5.74) is 21.0. The molecule has 3 nitrogen and oxygen atoms in total. The average Bonchev–Trinajstić information content (AvgIpc) is 4.09. The molecule has 2 heterocycles. The Morgan fingerprint density at radius 2 is 0.866 bits per heavy atom. The van der Waals surface area contributed by atoms with Crippen LogP contribution in [0.15, 0.2) is 233 Å². The monoisotopic (exact) mass is 857 g/mol. The van der Waals surface area contributed by atoms with E-state index >= 15 is 0 Å². The zero-order valence-electron chi connectivity index (χ0n) is 37.1. The molecule has 2 aliphatic rings. The maximum atomic E-state index is 6.75. The number of nitrogens with zero attached hydrogens (tertiary/aromatic N) is 1. The standard InChI is InChI=1S/C64H43NO2/c1-63(2)53-25-14-12-23-46(53)47-32-30-45(37-56(47)63)65(57-28-16-27-55-62(57)48-24-13-15-26-54(48)64(55,42-19-8-4-9-20-42)43-21-10-5-11-22-43)44-31-34-59-50(36-44)52-39-60-51(38-61(52)67-59)49-35-41(29-33-58(49)66-60)40-17-6-3-7-18-40/h3-39H,1-2H3. The molecule has 0 unspecified atom stereocenters.